The maximum absolute atomic E-state index is 12.1. The summed E-state index contributed by atoms with van der Waals surface area (Å²) in [6.45, 7) is 1.45. The quantitative estimate of drug-likeness (QED) is 0.0973. The Bertz CT molecular complexity index is 1020. The summed E-state index contributed by atoms with van der Waals surface area (Å²) in [5.41, 5.74) is -3.68. The van der Waals surface area contributed by atoms with Gasteiger partial charge in [0.1, 0.15) is 23.8 Å². The third-order valence-corrected chi connectivity index (χ3v) is 5.96. The van der Waals surface area contributed by atoms with Crippen molar-refractivity contribution in [2.75, 3.05) is 13.6 Å². The van der Waals surface area contributed by atoms with Gasteiger partial charge in [-0.25, -0.2) is 4.79 Å². The third-order valence-electron chi connectivity index (χ3n) is 5.96. The van der Waals surface area contributed by atoms with Crippen LogP contribution in [0, 0.1) is 17.2 Å². The number of nitrogens with one attached hydrogen (secondary N) is 3. The summed E-state index contributed by atoms with van der Waals surface area (Å²) in [5.74, 6) is -19.2. The summed E-state index contributed by atoms with van der Waals surface area (Å²) in [6.07, 6.45) is 0.495. The summed E-state index contributed by atoms with van der Waals surface area (Å²) in [7, 11) is 0.889. The van der Waals surface area contributed by atoms with Crippen LogP contribution in [0.4, 0.5) is 4.79 Å². The Balaban J connectivity index is 2.28. The summed E-state index contributed by atoms with van der Waals surface area (Å²) < 4.78 is 0. The lowest BCUT2D eigenvalue weighted by Gasteiger charge is -2.63. The van der Waals surface area contributed by atoms with Gasteiger partial charge < -0.3 is 66.6 Å². The number of likely N-dealkylation sites (tertiary alicyclic amines) is 1. The Labute approximate surface area is 190 Å². The molecule has 2 amide bonds. The van der Waals surface area contributed by atoms with E-state index in [1.165, 1.54) is 0 Å². The van der Waals surface area contributed by atoms with Crippen LogP contribution in [-0.4, -0.2) is 116 Å². The van der Waals surface area contributed by atoms with E-state index in [0.29, 0.717) is 11.0 Å². The highest BCUT2D eigenvalue weighted by atomic mass is 16.7. The van der Waals surface area contributed by atoms with Crippen LogP contribution < -0.4 is 16.0 Å². The largest absolute Gasteiger partial charge is 0.506 e. The predicted octanol–water partition coefficient (Wildman–Crippen LogP) is -6.26. The fraction of sp³-hybridized carbons (Fsp3) is 0.529. The Morgan fingerprint density at radius 3 is 2.35 bits per heavy atom. The van der Waals surface area contributed by atoms with E-state index < -0.39 is 70.3 Å². The zero-order valence-electron chi connectivity index (χ0n) is 17.4. The first kappa shape index (κ1) is 25.6. The minimum atomic E-state index is -4.15. The van der Waals surface area contributed by atoms with Crippen molar-refractivity contribution < 1.29 is 55.9 Å². The van der Waals surface area contributed by atoms with Gasteiger partial charge in [0.2, 0.25) is 11.5 Å². The van der Waals surface area contributed by atoms with Crippen LogP contribution in [0.15, 0.2) is 36.0 Å². The molecule has 17 heteroatoms. The number of nitriles is 1. The zero-order valence-corrected chi connectivity index (χ0v) is 17.4. The number of rotatable bonds is 5. The number of likely N-dealkylation sites (N-methyl/N-ethyl adjacent to an activating group) is 1. The van der Waals surface area contributed by atoms with Gasteiger partial charge in [-0.15, -0.1) is 6.58 Å². The maximum atomic E-state index is 12.1. The number of urea groups is 1. The number of hydrogen-bond acceptors (Lipinski definition) is 15. The normalized spacial score (nSPS) is 31.9. The number of amides is 2. The minimum Gasteiger partial charge on any atom is -0.506 e. The molecule has 1 saturated heterocycles. The lowest BCUT2D eigenvalue weighted by molar-refractivity contribution is -0.553. The molecule has 3 unspecified atom stereocenters. The molecule has 0 aromatic heterocycles. The van der Waals surface area contributed by atoms with Gasteiger partial charge in [0.25, 0.3) is 17.6 Å². The maximum Gasteiger partial charge on any atom is 0.322 e. The summed E-state index contributed by atoms with van der Waals surface area (Å²) >= 11 is 0. The Morgan fingerprint density at radius 2 is 1.82 bits per heavy atom. The van der Waals surface area contributed by atoms with Gasteiger partial charge in [0.05, 0.1) is 18.0 Å². The van der Waals surface area contributed by atoms with Crippen molar-refractivity contribution in [2.24, 2.45) is 5.92 Å². The second kappa shape index (κ2) is 7.49. The molecule has 0 spiro atoms. The fourth-order valence-electron chi connectivity index (χ4n) is 4.17. The minimum absolute atomic E-state index is 0.164. The molecule has 0 radical (unpaired) electrons. The van der Waals surface area contributed by atoms with Crippen molar-refractivity contribution in [2.45, 2.75) is 35.3 Å². The molecule has 1 fully saturated rings. The first-order chi connectivity index (χ1) is 15.4. The van der Waals surface area contributed by atoms with E-state index in [2.05, 4.69) is 22.5 Å². The lowest BCUT2D eigenvalue weighted by Crippen LogP contribution is -2.89. The number of carbonyl (C=O) groups is 1. The number of aliphatic hydroxyl groups excluding tert-OH is 1. The molecular formula is C17H24N6O11. The Morgan fingerprint density at radius 1 is 1.24 bits per heavy atom. The molecule has 0 aliphatic carbocycles. The number of aliphatic hydroxyl groups is 10. The molecule has 3 aliphatic heterocycles. The topological polar surface area (TPSA) is 286 Å². The lowest BCUT2D eigenvalue weighted by atomic mass is 9.76. The van der Waals surface area contributed by atoms with E-state index in [9.17, 15) is 55.9 Å². The van der Waals surface area contributed by atoms with E-state index in [0.717, 1.165) is 19.3 Å². The molecule has 3 atom stereocenters. The van der Waals surface area contributed by atoms with Crippen LogP contribution in [-0.2, 0) is 0 Å². The molecule has 34 heavy (non-hydrogen) atoms. The molecule has 0 aromatic rings. The molecule has 3 rings (SSSR count). The van der Waals surface area contributed by atoms with Crippen molar-refractivity contribution in [3.8, 4) is 6.07 Å². The average molecular weight is 488 g/mol. The van der Waals surface area contributed by atoms with Gasteiger partial charge in [0, 0.05) is 13.2 Å². The van der Waals surface area contributed by atoms with Gasteiger partial charge in [-0.1, -0.05) is 6.08 Å². The smallest absolute Gasteiger partial charge is 0.322 e. The van der Waals surface area contributed by atoms with E-state index >= 15 is 0 Å². The van der Waals surface area contributed by atoms with Gasteiger partial charge in [-0.3, -0.25) is 5.32 Å². The highest BCUT2D eigenvalue weighted by Crippen LogP contribution is 2.51. The SMILES string of the molecule is C=CC1C(O)(O)C(O)(O)N(CC(O)(O)C#N)C(O)(O)C1(O)N(C)C1=C2C(O)=CNC2NC(=O)N1. The third kappa shape index (κ3) is 3.22. The van der Waals surface area contributed by atoms with Crippen LogP contribution in [0.25, 0.3) is 0 Å². The summed E-state index contributed by atoms with van der Waals surface area (Å²) in [5, 5.41) is 121. The molecule has 3 heterocycles. The predicted molar refractivity (Wildman–Crippen MR) is 104 cm³/mol. The van der Waals surface area contributed by atoms with Crippen molar-refractivity contribution in [1.82, 2.24) is 25.8 Å². The first-order valence-corrected chi connectivity index (χ1v) is 9.44. The molecule has 0 saturated carbocycles. The van der Waals surface area contributed by atoms with Crippen molar-refractivity contribution in [1.29, 1.82) is 5.26 Å². The Hall–Kier alpha value is -3.02. The van der Waals surface area contributed by atoms with E-state index in [1.54, 1.807) is 0 Å². The number of hydrogen-bond donors (Lipinski definition) is 13. The molecule has 3 aliphatic rings. The average Bonchev–Trinajstić information content (AvgIpc) is 3.10. The monoisotopic (exact) mass is 488 g/mol. The number of carbonyl (C=O) groups excluding carboxylic acids is 1. The van der Waals surface area contributed by atoms with Gasteiger partial charge in [-0.05, 0) is 0 Å². The van der Waals surface area contributed by atoms with E-state index in [-0.39, 0.29) is 5.57 Å². The summed E-state index contributed by atoms with van der Waals surface area (Å²) in [6, 6.07) is -0.00942. The fourth-order valence-corrected chi connectivity index (χ4v) is 4.17. The van der Waals surface area contributed by atoms with Crippen molar-refractivity contribution in [3.05, 3.63) is 36.0 Å². The molecule has 0 aromatic carbocycles. The van der Waals surface area contributed by atoms with Crippen LogP contribution in [0.2, 0.25) is 0 Å². The molecule has 17 nitrogen and oxygen atoms in total. The second-order valence-electron chi connectivity index (χ2n) is 8.00. The van der Waals surface area contributed by atoms with Crippen LogP contribution >= 0.6 is 0 Å². The Kier molecular flexibility index (Phi) is 5.64. The second-order valence-corrected chi connectivity index (χ2v) is 8.00. The van der Waals surface area contributed by atoms with Gasteiger partial charge in [0.15, 0.2) is 0 Å². The number of nitrogens with zero attached hydrogens (tertiary/aromatic N) is 3. The highest BCUT2D eigenvalue weighted by Gasteiger charge is 2.79. The van der Waals surface area contributed by atoms with Crippen LogP contribution in [0.5, 0.6) is 0 Å². The molecular weight excluding hydrogens is 464 g/mol. The van der Waals surface area contributed by atoms with Gasteiger partial charge >= 0.3 is 6.03 Å². The van der Waals surface area contributed by atoms with Crippen LogP contribution in [0.3, 0.4) is 0 Å². The van der Waals surface area contributed by atoms with Crippen molar-refractivity contribution in [3.63, 3.8) is 0 Å². The number of β-amino-alcohol motifs (C(OH)–C–C–N with tert-alkyl or cyclic N) is 2. The summed E-state index contributed by atoms with van der Waals surface area (Å²) in [4.78, 5) is 12.0. The molecule has 0 bridgehead atoms. The van der Waals surface area contributed by atoms with Gasteiger partial charge in [-0.2, -0.15) is 10.2 Å². The first-order valence-electron chi connectivity index (χ1n) is 9.44. The van der Waals surface area contributed by atoms with E-state index in [4.69, 9.17) is 5.26 Å². The number of piperidine rings is 1. The standard InChI is InChI=1S/C17H24N6O11/c1-3-8-14(28,22(2)11-9-7(24)4-19-10(9)20-12(25)21-11)16(31,32)23(6-13(26,27)5-18)17(33,34)15(8,29)30/h3-4,8,10,19,24,26-34H,1,6H2,2H3,(H2,20,21,25). The molecule has 188 valence electrons. The van der Waals surface area contributed by atoms with E-state index in [1.807, 2.05) is 0 Å². The highest BCUT2D eigenvalue weighted by molar-refractivity contribution is 5.79. The van der Waals surface area contributed by atoms with Crippen molar-refractivity contribution >= 4 is 6.03 Å². The van der Waals surface area contributed by atoms with Crippen LogP contribution in [0.1, 0.15) is 0 Å². The number of fused-ring (bicyclic) bond motifs is 1. The zero-order chi connectivity index (χ0) is 26.1. The molecule has 13 N–H and O–H groups in total.